The molecule has 0 fully saturated rings. The molecule has 0 heterocycles. The first-order valence-electron chi connectivity index (χ1n) is 6.98. The number of Topliss-reactive ketones (excluding diaryl/α,β-unsaturated/α-hetero) is 1. The monoisotopic (exact) mass is 242 g/mol. The van der Waals surface area contributed by atoms with E-state index < -0.39 is 0 Å². The Morgan fingerprint density at radius 2 is 1.83 bits per heavy atom. The Kier molecular flexibility index (Phi) is 4.74. The molecule has 0 amide bonds. The third-order valence-corrected chi connectivity index (χ3v) is 3.72. The minimum absolute atomic E-state index is 0.369. The molecule has 1 unspecified atom stereocenters. The van der Waals surface area contributed by atoms with E-state index in [1.54, 1.807) is 0 Å². The van der Waals surface area contributed by atoms with Crippen LogP contribution >= 0.6 is 0 Å². The smallest absolute Gasteiger partial charge is 0.133 e. The van der Waals surface area contributed by atoms with Gasteiger partial charge in [-0.15, -0.1) is 0 Å². The van der Waals surface area contributed by atoms with Crippen LogP contribution in [0, 0.1) is 0 Å². The number of carbonyl (C=O) groups is 1. The van der Waals surface area contributed by atoms with Gasteiger partial charge in [0.25, 0.3) is 0 Å². The minimum Gasteiger partial charge on any atom is -0.300 e. The molecule has 0 radical (unpaired) electrons. The summed E-state index contributed by atoms with van der Waals surface area (Å²) in [5.41, 5.74) is 2.73. The highest BCUT2D eigenvalue weighted by Gasteiger charge is 2.17. The fourth-order valence-corrected chi connectivity index (χ4v) is 2.70. The lowest BCUT2D eigenvalue weighted by molar-refractivity contribution is -0.119. The van der Waals surface area contributed by atoms with Crippen LogP contribution in [0.1, 0.15) is 56.9 Å². The highest BCUT2D eigenvalue weighted by Crippen LogP contribution is 2.29. The fraction of sp³-hybridized carbons (Fsp3) is 0.471. The molecule has 96 valence electrons. The van der Waals surface area contributed by atoms with Crippen molar-refractivity contribution in [1.29, 1.82) is 0 Å². The van der Waals surface area contributed by atoms with Crippen LogP contribution in [0.5, 0.6) is 0 Å². The van der Waals surface area contributed by atoms with Gasteiger partial charge in [0.05, 0.1) is 0 Å². The summed E-state index contributed by atoms with van der Waals surface area (Å²) in [6.07, 6.45) is 8.16. The zero-order valence-electron chi connectivity index (χ0n) is 11.2. The number of benzene rings is 1. The van der Waals surface area contributed by atoms with E-state index in [1.807, 2.05) is 6.07 Å². The van der Waals surface area contributed by atoms with Crippen molar-refractivity contribution in [3.05, 3.63) is 47.5 Å². The molecule has 0 saturated heterocycles. The maximum atomic E-state index is 12.0. The molecular weight excluding hydrogens is 220 g/mol. The summed E-state index contributed by atoms with van der Waals surface area (Å²) in [5, 5.41) is 0. The number of allylic oxidation sites excluding steroid dienone is 2. The molecular formula is C17H22O. The van der Waals surface area contributed by atoms with Gasteiger partial charge in [0.15, 0.2) is 0 Å². The van der Waals surface area contributed by atoms with E-state index in [1.165, 1.54) is 11.1 Å². The summed E-state index contributed by atoms with van der Waals surface area (Å²) in [6, 6.07) is 10.5. The summed E-state index contributed by atoms with van der Waals surface area (Å²) >= 11 is 0. The van der Waals surface area contributed by atoms with Crippen molar-refractivity contribution in [1.82, 2.24) is 0 Å². The second-order valence-electron chi connectivity index (χ2n) is 5.35. The largest absolute Gasteiger partial charge is 0.300 e. The number of hydrogen-bond acceptors (Lipinski definition) is 1. The average Bonchev–Trinajstić information content (AvgIpc) is 2.38. The average molecular weight is 242 g/mol. The van der Waals surface area contributed by atoms with E-state index in [4.69, 9.17) is 0 Å². The van der Waals surface area contributed by atoms with E-state index in [0.29, 0.717) is 18.1 Å². The SMILES string of the molecule is C/C1=C\CCCCC(=O)CC(c2ccccc2)C1. The lowest BCUT2D eigenvalue weighted by Gasteiger charge is -2.18. The van der Waals surface area contributed by atoms with Gasteiger partial charge < -0.3 is 0 Å². The van der Waals surface area contributed by atoms with Gasteiger partial charge in [-0.25, -0.2) is 0 Å². The van der Waals surface area contributed by atoms with Crippen molar-refractivity contribution >= 4 is 5.78 Å². The Bertz CT molecular complexity index is 416. The number of hydrogen-bond donors (Lipinski definition) is 0. The van der Waals surface area contributed by atoms with E-state index >= 15 is 0 Å². The van der Waals surface area contributed by atoms with Crippen LogP contribution in [-0.2, 0) is 4.79 Å². The van der Waals surface area contributed by atoms with Crippen molar-refractivity contribution in [2.45, 2.75) is 51.4 Å². The predicted molar refractivity (Wildman–Crippen MR) is 75.6 cm³/mol. The van der Waals surface area contributed by atoms with Crippen molar-refractivity contribution in [3.8, 4) is 0 Å². The molecule has 0 aromatic heterocycles. The van der Waals surface area contributed by atoms with Gasteiger partial charge in [-0.1, -0.05) is 42.0 Å². The van der Waals surface area contributed by atoms with Crippen molar-refractivity contribution in [3.63, 3.8) is 0 Å². The lowest BCUT2D eigenvalue weighted by atomic mass is 9.86. The summed E-state index contributed by atoms with van der Waals surface area (Å²) < 4.78 is 0. The Morgan fingerprint density at radius 1 is 1.06 bits per heavy atom. The highest BCUT2D eigenvalue weighted by atomic mass is 16.1. The van der Waals surface area contributed by atoms with Crippen LogP contribution in [0.2, 0.25) is 0 Å². The van der Waals surface area contributed by atoms with E-state index in [-0.39, 0.29) is 0 Å². The normalized spacial score (nSPS) is 25.3. The molecule has 1 aromatic carbocycles. The Hall–Kier alpha value is -1.37. The highest BCUT2D eigenvalue weighted by molar-refractivity contribution is 5.79. The van der Waals surface area contributed by atoms with Crippen molar-refractivity contribution in [2.24, 2.45) is 0 Å². The van der Waals surface area contributed by atoms with Crippen LogP contribution in [0.25, 0.3) is 0 Å². The lowest BCUT2D eigenvalue weighted by Crippen LogP contribution is -2.09. The molecule has 1 aromatic rings. The third kappa shape index (κ3) is 3.83. The van der Waals surface area contributed by atoms with E-state index in [2.05, 4.69) is 37.3 Å². The first kappa shape index (κ1) is 13.1. The Labute approximate surface area is 110 Å². The second kappa shape index (κ2) is 6.53. The summed E-state index contributed by atoms with van der Waals surface area (Å²) in [5.74, 6) is 0.798. The van der Waals surface area contributed by atoms with Gasteiger partial charge in [0, 0.05) is 12.8 Å². The van der Waals surface area contributed by atoms with Crippen molar-refractivity contribution in [2.75, 3.05) is 0 Å². The predicted octanol–water partition coefficient (Wildman–Crippen LogP) is 4.64. The molecule has 0 bridgehead atoms. The molecule has 0 spiro atoms. The fourth-order valence-electron chi connectivity index (χ4n) is 2.70. The number of rotatable bonds is 1. The molecule has 18 heavy (non-hydrogen) atoms. The first-order valence-corrected chi connectivity index (χ1v) is 6.98. The second-order valence-corrected chi connectivity index (χ2v) is 5.35. The van der Waals surface area contributed by atoms with Crippen LogP contribution in [0.3, 0.4) is 0 Å². The van der Waals surface area contributed by atoms with Crippen LogP contribution < -0.4 is 0 Å². The topological polar surface area (TPSA) is 17.1 Å². The maximum Gasteiger partial charge on any atom is 0.133 e. The minimum atomic E-state index is 0.369. The third-order valence-electron chi connectivity index (χ3n) is 3.72. The number of ketones is 1. The van der Waals surface area contributed by atoms with Gasteiger partial charge >= 0.3 is 0 Å². The molecule has 1 heteroatoms. The molecule has 1 aliphatic rings. The zero-order valence-corrected chi connectivity index (χ0v) is 11.2. The number of carbonyl (C=O) groups excluding carboxylic acids is 1. The quantitative estimate of drug-likeness (QED) is 0.656. The summed E-state index contributed by atoms with van der Waals surface area (Å²) in [7, 11) is 0. The Balaban J connectivity index is 2.18. The van der Waals surface area contributed by atoms with Gasteiger partial charge in [0.1, 0.15) is 5.78 Å². The first-order chi connectivity index (χ1) is 8.75. The molecule has 1 atom stereocenters. The zero-order chi connectivity index (χ0) is 12.8. The summed E-state index contributed by atoms with van der Waals surface area (Å²) in [4.78, 5) is 12.0. The van der Waals surface area contributed by atoms with Crippen molar-refractivity contribution < 1.29 is 4.79 Å². The van der Waals surface area contributed by atoms with E-state index in [9.17, 15) is 4.79 Å². The van der Waals surface area contributed by atoms with E-state index in [0.717, 1.165) is 32.1 Å². The molecule has 0 aliphatic heterocycles. The van der Waals surface area contributed by atoms with Gasteiger partial charge in [-0.3, -0.25) is 4.79 Å². The van der Waals surface area contributed by atoms with Crippen LogP contribution in [0.15, 0.2) is 42.0 Å². The van der Waals surface area contributed by atoms with Crippen LogP contribution in [-0.4, -0.2) is 5.78 Å². The molecule has 0 saturated carbocycles. The van der Waals surface area contributed by atoms with Gasteiger partial charge in [-0.05, 0) is 44.1 Å². The Morgan fingerprint density at radius 3 is 2.61 bits per heavy atom. The molecule has 1 aliphatic carbocycles. The van der Waals surface area contributed by atoms with Gasteiger partial charge in [-0.2, -0.15) is 0 Å². The maximum absolute atomic E-state index is 12.0. The van der Waals surface area contributed by atoms with Gasteiger partial charge in [0.2, 0.25) is 0 Å². The molecule has 0 N–H and O–H groups in total. The molecule has 2 rings (SSSR count). The van der Waals surface area contributed by atoms with Crippen LogP contribution in [0.4, 0.5) is 0 Å². The summed E-state index contributed by atoms with van der Waals surface area (Å²) in [6.45, 7) is 2.20. The standard InChI is InChI=1S/C17H22O/c1-14-8-4-2-7-11-17(18)13-16(12-14)15-9-5-3-6-10-15/h3,5-6,8-10,16H,2,4,7,11-13H2,1H3/b14-8+. The molecule has 1 nitrogen and oxygen atoms in total.